The Morgan fingerprint density at radius 1 is 1.21 bits per heavy atom. The number of urea groups is 1. The van der Waals surface area contributed by atoms with Crippen LogP contribution < -0.4 is 16.2 Å². The highest BCUT2D eigenvalue weighted by molar-refractivity contribution is 7.99. The van der Waals surface area contributed by atoms with Gasteiger partial charge in [0.25, 0.3) is 5.56 Å². The third-order valence-corrected chi connectivity index (χ3v) is 7.08. The Balaban J connectivity index is 1.46. The number of benzene rings is 1. The first-order valence-corrected chi connectivity index (χ1v) is 12.0. The van der Waals surface area contributed by atoms with E-state index in [1.807, 2.05) is 31.4 Å². The van der Waals surface area contributed by atoms with Crippen molar-refractivity contribution in [3.63, 3.8) is 0 Å². The van der Waals surface area contributed by atoms with E-state index in [1.54, 1.807) is 19.2 Å². The number of imide groups is 1. The molecule has 33 heavy (non-hydrogen) atoms. The lowest BCUT2D eigenvalue weighted by Gasteiger charge is -2.09. The van der Waals surface area contributed by atoms with Crippen LogP contribution in [0.15, 0.2) is 56.3 Å². The van der Waals surface area contributed by atoms with Crippen molar-refractivity contribution in [2.45, 2.75) is 25.5 Å². The van der Waals surface area contributed by atoms with Crippen LogP contribution in [-0.4, -0.2) is 27.2 Å². The number of nitrogens with one attached hydrogen (secondary N) is 2. The molecule has 0 saturated carbocycles. The smallest absolute Gasteiger partial charge is 0.321 e. The zero-order chi connectivity index (χ0) is 23.5. The van der Waals surface area contributed by atoms with Crippen LogP contribution in [0.4, 0.5) is 4.79 Å². The monoisotopic (exact) mass is 482 g/mol. The van der Waals surface area contributed by atoms with Crippen molar-refractivity contribution in [1.29, 1.82) is 0 Å². The molecule has 0 radical (unpaired) electrons. The lowest BCUT2D eigenvalue weighted by Crippen LogP contribution is -2.40. The fourth-order valence-electron chi connectivity index (χ4n) is 3.22. The summed E-state index contributed by atoms with van der Waals surface area (Å²) in [5.41, 5.74) is 4.00. The number of hydrogen-bond acceptors (Lipinski definition) is 7. The van der Waals surface area contributed by atoms with Crippen molar-refractivity contribution >= 4 is 45.3 Å². The Bertz CT molecular complexity index is 1390. The van der Waals surface area contributed by atoms with E-state index in [1.165, 1.54) is 27.7 Å². The third-order valence-electron chi connectivity index (χ3n) is 5.18. The normalized spacial score (nSPS) is 11.0. The van der Waals surface area contributed by atoms with Crippen molar-refractivity contribution < 1.29 is 14.0 Å². The van der Waals surface area contributed by atoms with Crippen LogP contribution in [0, 0.1) is 13.8 Å². The van der Waals surface area contributed by atoms with Crippen LogP contribution in [0.1, 0.15) is 16.9 Å². The number of aryl methyl sites for hydroxylation is 2. The average Bonchev–Trinajstić information content (AvgIpc) is 3.46. The molecule has 4 aromatic rings. The number of thiophene rings is 1. The molecule has 0 spiro atoms. The zero-order valence-electron chi connectivity index (χ0n) is 18.3. The van der Waals surface area contributed by atoms with Crippen LogP contribution in [0.25, 0.3) is 21.3 Å². The quantitative estimate of drug-likeness (QED) is 0.318. The molecule has 0 aliphatic carbocycles. The molecule has 0 atom stereocenters. The summed E-state index contributed by atoms with van der Waals surface area (Å²) in [4.78, 5) is 42.4. The highest BCUT2D eigenvalue weighted by Crippen LogP contribution is 2.32. The summed E-state index contributed by atoms with van der Waals surface area (Å²) in [6.45, 7) is 4.27. The molecule has 0 bridgehead atoms. The molecule has 0 unspecified atom stereocenters. The van der Waals surface area contributed by atoms with Gasteiger partial charge in [0.05, 0.1) is 23.9 Å². The fourth-order valence-corrected chi connectivity index (χ4v) is 4.98. The van der Waals surface area contributed by atoms with Gasteiger partial charge >= 0.3 is 6.03 Å². The van der Waals surface area contributed by atoms with Gasteiger partial charge < -0.3 is 9.73 Å². The molecular formula is C23H22N4O4S2. The predicted molar refractivity (Wildman–Crippen MR) is 130 cm³/mol. The number of rotatable bonds is 6. The van der Waals surface area contributed by atoms with Crippen LogP contribution in [0.3, 0.4) is 0 Å². The number of thioether (sulfide) groups is 1. The van der Waals surface area contributed by atoms with E-state index in [0.29, 0.717) is 21.1 Å². The first kappa shape index (κ1) is 22.8. The second-order valence-corrected chi connectivity index (χ2v) is 9.29. The van der Waals surface area contributed by atoms with E-state index in [2.05, 4.69) is 21.7 Å². The standard InChI is InChI=1S/C23H22N4O4S2/c1-13-6-7-15(9-14(13)2)17-11-32-20-19(17)21(29)27(3)23(26-20)33-12-18(28)25-22(30)24-10-16-5-4-8-31-16/h4-9,11H,10,12H2,1-3H3,(H2,24,25,28,30). The molecule has 170 valence electrons. The zero-order valence-corrected chi connectivity index (χ0v) is 19.9. The van der Waals surface area contributed by atoms with Gasteiger partial charge in [0.1, 0.15) is 10.6 Å². The lowest BCUT2D eigenvalue weighted by molar-refractivity contribution is -0.117. The molecule has 4 rings (SSSR count). The molecule has 3 heterocycles. The molecule has 3 amide bonds. The maximum atomic E-state index is 13.1. The second kappa shape index (κ2) is 9.63. The Hall–Kier alpha value is -3.37. The molecular weight excluding hydrogens is 460 g/mol. The van der Waals surface area contributed by atoms with Gasteiger partial charge in [-0.1, -0.05) is 30.0 Å². The molecule has 3 aromatic heterocycles. The van der Waals surface area contributed by atoms with Crippen molar-refractivity contribution in [3.8, 4) is 11.1 Å². The summed E-state index contributed by atoms with van der Waals surface area (Å²) in [5.74, 6) is 0.0268. The van der Waals surface area contributed by atoms with E-state index in [4.69, 9.17) is 4.42 Å². The van der Waals surface area contributed by atoms with Crippen LogP contribution in [0.2, 0.25) is 0 Å². The minimum atomic E-state index is -0.620. The summed E-state index contributed by atoms with van der Waals surface area (Å²) < 4.78 is 6.56. The van der Waals surface area contributed by atoms with Gasteiger partial charge in [0.2, 0.25) is 5.91 Å². The van der Waals surface area contributed by atoms with E-state index in [0.717, 1.165) is 28.5 Å². The van der Waals surface area contributed by atoms with Gasteiger partial charge in [-0.05, 0) is 42.7 Å². The Kier molecular flexibility index (Phi) is 6.66. The first-order valence-electron chi connectivity index (χ1n) is 10.1. The lowest BCUT2D eigenvalue weighted by atomic mass is 10.0. The van der Waals surface area contributed by atoms with Crippen molar-refractivity contribution in [2.24, 2.45) is 7.05 Å². The number of hydrogen-bond donors (Lipinski definition) is 2. The number of carbonyl (C=O) groups excluding carboxylic acids is 2. The summed E-state index contributed by atoms with van der Waals surface area (Å²) in [7, 11) is 1.63. The molecule has 0 fully saturated rings. The van der Waals surface area contributed by atoms with Crippen LogP contribution in [0.5, 0.6) is 0 Å². The molecule has 10 heteroatoms. The molecule has 2 N–H and O–H groups in total. The third kappa shape index (κ3) is 5.01. The van der Waals surface area contributed by atoms with Gasteiger partial charge in [-0.25, -0.2) is 9.78 Å². The fraction of sp³-hybridized carbons (Fsp3) is 0.217. The first-order chi connectivity index (χ1) is 15.8. The molecule has 8 nitrogen and oxygen atoms in total. The highest BCUT2D eigenvalue weighted by atomic mass is 32.2. The number of furan rings is 1. The predicted octanol–water partition coefficient (Wildman–Crippen LogP) is 3.99. The number of carbonyl (C=O) groups is 2. The van der Waals surface area contributed by atoms with Gasteiger partial charge in [-0.3, -0.25) is 19.5 Å². The van der Waals surface area contributed by atoms with Crippen LogP contribution >= 0.6 is 23.1 Å². The van der Waals surface area contributed by atoms with Crippen molar-refractivity contribution in [1.82, 2.24) is 20.2 Å². The van der Waals surface area contributed by atoms with Crippen molar-refractivity contribution in [3.05, 3.63) is 69.2 Å². The summed E-state index contributed by atoms with van der Waals surface area (Å²) in [6.07, 6.45) is 1.50. The van der Waals surface area contributed by atoms with Gasteiger partial charge in [0, 0.05) is 18.0 Å². The largest absolute Gasteiger partial charge is 0.467 e. The highest BCUT2D eigenvalue weighted by Gasteiger charge is 2.17. The van der Waals surface area contributed by atoms with Crippen molar-refractivity contribution in [2.75, 3.05) is 5.75 Å². The van der Waals surface area contributed by atoms with E-state index >= 15 is 0 Å². The molecule has 1 aromatic carbocycles. The summed E-state index contributed by atoms with van der Waals surface area (Å²) in [6, 6.07) is 8.93. The minimum Gasteiger partial charge on any atom is -0.467 e. The van der Waals surface area contributed by atoms with Gasteiger partial charge in [-0.15, -0.1) is 11.3 Å². The topological polar surface area (TPSA) is 106 Å². The molecule has 0 aliphatic heterocycles. The van der Waals surface area contributed by atoms with E-state index in [-0.39, 0.29) is 17.9 Å². The van der Waals surface area contributed by atoms with Gasteiger partial charge in [0.15, 0.2) is 5.16 Å². The Morgan fingerprint density at radius 2 is 2.03 bits per heavy atom. The molecule has 0 saturated heterocycles. The Morgan fingerprint density at radius 3 is 2.76 bits per heavy atom. The average molecular weight is 483 g/mol. The minimum absolute atomic E-state index is 0.0602. The molecule has 0 aliphatic rings. The number of amides is 3. The number of nitrogens with zero attached hydrogens (tertiary/aromatic N) is 2. The van der Waals surface area contributed by atoms with Crippen LogP contribution in [-0.2, 0) is 18.4 Å². The Labute approximate surface area is 198 Å². The van der Waals surface area contributed by atoms with E-state index < -0.39 is 11.9 Å². The number of fused-ring (bicyclic) bond motifs is 1. The van der Waals surface area contributed by atoms with E-state index in [9.17, 15) is 14.4 Å². The maximum Gasteiger partial charge on any atom is 0.321 e. The van der Waals surface area contributed by atoms with Gasteiger partial charge in [-0.2, -0.15) is 0 Å². The summed E-state index contributed by atoms with van der Waals surface area (Å²) in [5, 5.41) is 7.71. The SMILES string of the molecule is Cc1ccc(-c2csc3nc(SCC(=O)NC(=O)NCc4ccco4)n(C)c(=O)c23)cc1C. The number of aromatic nitrogens is 2. The summed E-state index contributed by atoms with van der Waals surface area (Å²) >= 11 is 2.49. The second-order valence-electron chi connectivity index (χ2n) is 7.49. The maximum absolute atomic E-state index is 13.1.